The van der Waals surface area contributed by atoms with Crippen LogP contribution in [0.25, 0.3) is 0 Å². The van der Waals surface area contributed by atoms with E-state index in [1.54, 1.807) is 0 Å². The van der Waals surface area contributed by atoms with Crippen molar-refractivity contribution in [2.45, 2.75) is 270 Å². The van der Waals surface area contributed by atoms with Crippen LogP contribution in [0.2, 0.25) is 0 Å². The molecule has 6 nitrogen and oxygen atoms in total. The molecule has 6 heterocycles. The smallest absolute Gasteiger partial charge is 0.256 e. The molecule has 0 spiro atoms. The van der Waals surface area contributed by atoms with Crippen LogP contribution >= 0.6 is 0 Å². The summed E-state index contributed by atoms with van der Waals surface area (Å²) in [5, 5.41) is 0. The van der Waals surface area contributed by atoms with E-state index in [4.69, 9.17) is 4.74 Å². The summed E-state index contributed by atoms with van der Waals surface area (Å²) in [5.74, 6) is 1.86. The van der Waals surface area contributed by atoms with Crippen LogP contribution in [0.15, 0.2) is 194 Å². The van der Waals surface area contributed by atoms with Crippen molar-refractivity contribution >= 4 is 155 Å². The molecule has 12 aromatic carbocycles. The number of benzene rings is 12. The summed E-state index contributed by atoms with van der Waals surface area (Å²) in [5.41, 5.74) is 46.3. The molecular weight excluding hydrogens is 1480 g/mol. The average molecular weight is 1600 g/mol. The third-order valence-corrected chi connectivity index (χ3v) is 29.6. The molecule has 0 fully saturated rings. The molecule has 0 atom stereocenters. The highest BCUT2D eigenvalue weighted by Crippen LogP contribution is 2.55. The lowest BCUT2D eigenvalue weighted by atomic mass is 9.29. The molecular formula is C113H128B3N5O. The normalized spacial score (nSPS) is 14.7. The quantitative estimate of drug-likeness (QED) is 0.120. The maximum atomic E-state index is 7.61. The molecule has 122 heavy (non-hydrogen) atoms. The molecule has 0 radical (unpaired) electrons. The van der Waals surface area contributed by atoms with Gasteiger partial charge in [0.2, 0.25) is 0 Å². The lowest BCUT2D eigenvalue weighted by Crippen LogP contribution is -2.66. The Balaban J connectivity index is 1.04. The number of hydrogen-bond acceptors (Lipinski definition) is 6. The lowest BCUT2D eigenvalue weighted by molar-refractivity contribution is 0.474. The molecule has 6 aliphatic rings. The van der Waals surface area contributed by atoms with Gasteiger partial charge < -0.3 is 29.2 Å². The van der Waals surface area contributed by atoms with E-state index < -0.39 is 0 Å². The summed E-state index contributed by atoms with van der Waals surface area (Å²) in [6.45, 7) is 70.5. The predicted molar refractivity (Wildman–Crippen MR) is 532 cm³/mol. The number of nitrogens with zero attached hydrogens (tertiary/aromatic N) is 5. The number of hydrogen-bond donors (Lipinski definition) is 0. The summed E-state index contributed by atoms with van der Waals surface area (Å²) in [7, 11) is 0. The van der Waals surface area contributed by atoms with Gasteiger partial charge in [-0.25, -0.2) is 0 Å². The van der Waals surface area contributed by atoms with Crippen molar-refractivity contribution in [3.05, 3.63) is 272 Å². The summed E-state index contributed by atoms with van der Waals surface area (Å²) in [6, 6.07) is 79.9. The molecule has 0 N–H and O–H groups in total. The zero-order chi connectivity index (χ0) is 87.2. The molecule has 18 rings (SSSR count). The summed E-state index contributed by atoms with van der Waals surface area (Å²) in [4.78, 5) is 13.6. The van der Waals surface area contributed by atoms with Gasteiger partial charge in [0.25, 0.3) is 20.1 Å². The van der Waals surface area contributed by atoms with Crippen LogP contribution in [0.5, 0.6) is 11.5 Å². The first-order valence-electron chi connectivity index (χ1n) is 45.6. The fraction of sp³-hybridized carbons (Fsp3) is 0.363. The Hall–Kier alpha value is -10.4. The first-order chi connectivity index (χ1) is 57.2. The van der Waals surface area contributed by atoms with E-state index in [-0.39, 0.29) is 63.5 Å². The van der Waals surface area contributed by atoms with Gasteiger partial charge in [-0.2, -0.15) is 0 Å². The Morgan fingerprint density at radius 3 is 0.836 bits per heavy atom. The monoisotopic (exact) mass is 1600 g/mol. The first-order valence-corrected chi connectivity index (χ1v) is 45.6. The van der Waals surface area contributed by atoms with E-state index in [9.17, 15) is 0 Å². The number of rotatable bonds is 11. The number of ether oxygens (including phenoxy) is 1. The van der Waals surface area contributed by atoms with E-state index in [0.29, 0.717) is 0 Å². The van der Waals surface area contributed by atoms with E-state index in [0.717, 1.165) is 47.8 Å². The third kappa shape index (κ3) is 13.1. The summed E-state index contributed by atoms with van der Waals surface area (Å²) in [6.07, 6.45) is 2.87. The van der Waals surface area contributed by atoms with Crippen molar-refractivity contribution in [3.8, 4) is 11.5 Å². The van der Waals surface area contributed by atoms with Crippen LogP contribution in [0.4, 0.5) is 85.3 Å². The SMILES string of the molecule is CCC(C)(C)c1cc2c3c(c1)N(c1c(C)cc(C)cc1C)c1cc4c(cc1B3c1cc(C(C)(C)C)ccc1O2)B1c2cc3c(cc2N(c2c(C)cc(C)cc2C)c2cc(C(C)(C)CC)cc(c21)N4c1ccc(C(C)(C)C)cc1)N(c1ccc(C(C)(C)C)cc1)c1cc(C(C)(C)CC)cc2c1B3c1cc(C(C)(C)C)ccc1N2c1ccc(C(C)(C)C)cc1. The van der Waals surface area contributed by atoms with Crippen LogP contribution in [0, 0.1) is 41.5 Å². The lowest BCUT2D eigenvalue weighted by Gasteiger charge is -2.49. The molecule has 0 bridgehead atoms. The van der Waals surface area contributed by atoms with Crippen molar-refractivity contribution in [2.24, 2.45) is 0 Å². The third-order valence-electron chi connectivity index (χ3n) is 29.6. The van der Waals surface area contributed by atoms with Gasteiger partial charge in [0.1, 0.15) is 11.5 Å². The van der Waals surface area contributed by atoms with Crippen molar-refractivity contribution in [2.75, 3.05) is 24.5 Å². The molecule has 0 unspecified atom stereocenters. The standard InChI is InChI=1S/C113H128B3N5O/c1-31-111(25,26)77-56-94-101-95(57-77)118(81-44-36-73(37-45-81)107(13,14)15)90-64-92-86(62-84(90)114(101)83-54-75(109(19,20)21)40-48-89(83)117(94)80-42-34-72(35-43-80)106(10,11)12)115-85-63-87-93(121(105-70(8)52-67(5)53-71(105)9)98-60-79(113(29,30)33-3)61-100-103(98)116(87)88-55-76(110(22,23)24)41-49-99(88)122-100)65-91(85)119(82-46-38-74(39-47-82)108(16,17)18)96-58-78(112(27,28)32-2)59-97(102(96)115)120(92)104-68(6)50-66(4)51-69(104)7/h34-65H,31-33H2,1-30H3. The van der Waals surface area contributed by atoms with Gasteiger partial charge in [-0.15, -0.1) is 0 Å². The molecule has 0 amide bonds. The van der Waals surface area contributed by atoms with Gasteiger partial charge in [0.05, 0.1) is 11.4 Å². The van der Waals surface area contributed by atoms with Crippen molar-refractivity contribution in [1.82, 2.24) is 0 Å². The summed E-state index contributed by atoms with van der Waals surface area (Å²) < 4.78 is 7.61. The second kappa shape index (κ2) is 28.1. The molecule has 9 heteroatoms. The van der Waals surface area contributed by atoms with Gasteiger partial charge in [-0.3, -0.25) is 0 Å². The van der Waals surface area contributed by atoms with Crippen LogP contribution in [-0.2, 0) is 43.3 Å². The maximum absolute atomic E-state index is 7.61. The highest BCUT2D eigenvalue weighted by molar-refractivity contribution is 7.04. The van der Waals surface area contributed by atoms with Crippen LogP contribution in [-0.4, -0.2) is 20.1 Å². The minimum atomic E-state index is -0.299. The molecule has 0 aliphatic carbocycles. The van der Waals surface area contributed by atoms with E-state index >= 15 is 0 Å². The second-order valence-electron chi connectivity index (χ2n) is 44.4. The van der Waals surface area contributed by atoms with Gasteiger partial charge in [-0.05, 0) is 317 Å². The fourth-order valence-electron chi connectivity index (χ4n) is 21.1. The molecule has 0 aromatic heterocycles. The Bertz CT molecular complexity index is 6290. The zero-order valence-corrected chi connectivity index (χ0v) is 79.0. The Morgan fingerprint density at radius 2 is 0.500 bits per heavy atom. The highest BCUT2D eigenvalue weighted by atomic mass is 16.5. The average Bonchev–Trinajstić information content (AvgIpc) is 0.674. The fourth-order valence-corrected chi connectivity index (χ4v) is 21.1. The van der Waals surface area contributed by atoms with Crippen LogP contribution in [0.3, 0.4) is 0 Å². The molecule has 6 aliphatic heterocycles. The van der Waals surface area contributed by atoms with E-state index in [2.05, 4.69) is 426 Å². The Morgan fingerprint density at radius 1 is 0.230 bits per heavy atom. The topological polar surface area (TPSA) is 25.4 Å². The minimum absolute atomic E-state index is 0.0328. The highest BCUT2D eigenvalue weighted by Gasteiger charge is 2.53. The largest absolute Gasteiger partial charge is 0.458 e. The van der Waals surface area contributed by atoms with Gasteiger partial charge in [0, 0.05) is 73.9 Å². The van der Waals surface area contributed by atoms with Gasteiger partial charge >= 0.3 is 0 Å². The minimum Gasteiger partial charge on any atom is -0.458 e. The van der Waals surface area contributed by atoms with Crippen molar-refractivity contribution in [1.29, 1.82) is 0 Å². The molecule has 0 saturated carbocycles. The molecule has 12 aromatic rings. The van der Waals surface area contributed by atoms with Crippen LogP contribution < -0.4 is 78.4 Å². The Kier molecular flexibility index (Phi) is 19.0. The molecule has 620 valence electrons. The number of fused-ring (bicyclic) bond motifs is 12. The zero-order valence-electron chi connectivity index (χ0n) is 79.0. The first kappa shape index (κ1) is 82.6. The maximum Gasteiger partial charge on any atom is 0.256 e. The predicted octanol–water partition coefficient (Wildman–Crippen LogP) is 25.7. The van der Waals surface area contributed by atoms with E-state index in [1.807, 2.05) is 0 Å². The Labute approximate surface area is 732 Å². The van der Waals surface area contributed by atoms with Gasteiger partial charge in [-0.1, -0.05) is 274 Å². The van der Waals surface area contributed by atoms with E-state index in [1.165, 1.54) is 195 Å². The number of anilines is 15. The van der Waals surface area contributed by atoms with Gasteiger partial charge in [0.15, 0.2) is 0 Å². The van der Waals surface area contributed by atoms with Crippen LogP contribution in [0.1, 0.15) is 263 Å². The number of aryl methyl sites for hydroxylation is 6. The summed E-state index contributed by atoms with van der Waals surface area (Å²) >= 11 is 0. The second-order valence-corrected chi connectivity index (χ2v) is 44.4. The van der Waals surface area contributed by atoms with Crippen molar-refractivity contribution in [3.63, 3.8) is 0 Å². The molecule has 0 saturated heterocycles. The van der Waals surface area contributed by atoms with Crippen molar-refractivity contribution < 1.29 is 4.74 Å².